The molecule has 2 nitrogen and oxygen atoms in total. The molecule has 0 fully saturated rings. The summed E-state index contributed by atoms with van der Waals surface area (Å²) < 4.78 is 6.50. The molecule has 0 N–H and O–H groups in total. The lowest BCUT2D eigenvalue weighted by Crippen LogP contribution is -2.34. The molecule has 0 radical (unpaired) electrons. The van der Waals surface area contributed by atoms with Gasteiger partial charge in [0.15, 0.2) is 0 Å². The van der Waals surface area contributed by atoms with E-state index in [0.29, 0.717) is 0 Å². The maximum atomic E-state index is 6.50. The highest BCUT2D eigenvalue weighted by Gasteiger charge is 2.51. The second-order valence-electron chi connectivity index (χ2n) is 8.47. The molecule has 1 aliphatic heterocycles. The number of benzene rings is 4. The number of fused-ring (bicyclic) bond motifs is 9. The summed E-state index contributed by atoms with van der Waals surface area (Å²) in [5.41, 5.74) is 8.74. The maximum absolute atomic E-state index is 6.50. The van der Waals surface area contributed by atoms with Gasteiger partial charge in [-0.15, -0.1) is 0 Å². The Hall–Kier alpha value is -3.36. The molecule has 0 saturated carbocycles. The molecule has 0 bridgehead atoms. The Balaban J connectivity index is 1.82. The molecule has 0 atom stereocenters. The molecule has 0 amide bonds. The van der Waals surface area contributed by atoms with Crippen LogP contribution in [0.2, 0.25) is 0 Å². The van der Waals surface area contributed by atoms with Crippen LogP contribution in [0.15, 0.2) is 91.0 Å². The van der Waals surface area contributed by atoms with E-state index in [9.17, 15) is 0 Å². The van der Waals surface area contributed by atoms with Crippen molar-refractivity contribution in [2.75, 3.05) is 14.1 Å². The first-order valence-corrected chi connectivity index (χ1v) is 10.4. The third-order valence-electron chi connectivity index (χ3n) is 6.44. The predicted octanol–water partition coefficient (Wildman–Crippen LogP) is 6.22. The molecule has 1 spiro atoms. The number of para-hydroxylation sites is 1. The quantitative estimate of drug-likeness (QED) is 0.349. The lowest BCUT2D eigenvalue weighted by molar-refractivity contribution is 0.390. The highest BCUT2D eigenvalue weighted by molar-refractivity contribution is 5.88. The Kier molecular flexibility index (Phi) is 3.68. The summed E-state index contributed by atoms with van der Waals surface area (Å²) in [6, 6.07) is 32.8. The van der Waals surface area contributed by atoms with E-state index in [1.54, 1.807) is 0 Å². The van der Waals surface area contributed by atoms with Crippen molar-refractivity contribution in [2.45, 2.75) is 12.0 Å². The largest absolute Gasteiger partial charge is 0.457 e. The van der Waals surface area contributed by atoms with Crippen LogP contribution in [-0.4, -0.2) is 19.0 Å². The van der Waals surface area contributed by atoms with E-state index in [2.05, 4.69) is 110 Å². The van der Waals surface area contributed by atoms with Gasteiger partial charge in [-0.25, -0.2) is 0 Å². The maximum Gasteiger partial charge on any atom is 0.132 e. The molecule has 4 aromatic rings. The Morgan fingerprint density at radius 2 is 1.20 bits per heavy atom. The van der Waals surface area contributed by atoms with Crippen LogP contribution in [0.4, 0.5) is 0 Å². The zero-order chi connectivity index (χ0) is 20.3. The predicted molar refractivity (Wildman–Crippen MR) is 121 cm³/mol. The molecule has 2 heteroatoms. The normalized spacial score (nSPS) is 14.6. The van der Waals surface area contributed by atoms with Gasteiger partial charge in [-0.05, 0) is 54.0 Å². The lowest BCUT2D eigenvalue weighted by atomic mass is 9.65. The van der Waals surface area contributed by atoms with Gasteiger partial charge < -0.3 is 9.64 Å². The van der Waals surface area contributed by atoms with Crippen LogP contribution in [0, 0.1) is 0 Å². The summed E-state index contributed by atoms with van der Waals surface area (Å²) in [7, 11) is 4.25. The van der Waals surface area contributed by atoms with E-state index in [0.717, 1.165) is 18.0 Å². The summed E-state index contributed by atoms with van der Waals surface area (Å²) in [4.78, 5) is 2.23. The first-order chi connectivity index (χ1) is 14.7. The Bertz CT molecular complexity index is 1240. The zero-order valence-corrected chi connectivity index (χ0v) is 17.2. The average molecular weight is 389 g/mol. The smallest absolute Gasteiger partial charge is 0.132 e. The Morgan fingerprint density at radius 1 is 0.633 bits per heavy atom. The topological polar surface area (TPSA) is 12.5 Å². The van der Waals surface area contributed by atoms with Gasteiger partial charge in [0.1, 0.15) is 11.5 Å². The minimum atomic E-state index is -0.371. The van der Waals surface area contributed by atoms with Crippen molar-refractivity contribution in [3.05, 3.63) is 119 Å². The second-order valence-corrected chi connectivity index (χ2v) is 8.47. The number of rotatable bonds is 2. The van der Waals surface area contributed by atoms with Crippen LogP contribution in [0.1, 0.15) is 27.8 Å². The molecular formula is C28H23NO. The van der Waals surface area contributed by atoms with Crippen molar-refractivity contribution in [3.63, 3.8) is 0 Å². The minimum Gasteiger partial charge on any atom is -0.457 e. The molecule has 0 aromatic heterocycles. The molecule has 146 valence electrons. The summed E-state index contributed by atoms with van der Waals surface area (Å²) >= 11 is 0. The van der Waals surface area contributed by atoms with Crippen LogP contribution in [0.25, 0.3) is 11.1 Å². The fourth-order valence-electron chi connectivity index (χ4n) is 5.47. The molecule has 1 heterocycles. The van der Waals surface area contributed by atoms with E-state index in [1.807, 2.05) is 0 Å². The molecule has 0 unspecified atom stereocenters. The third kappa shape index (κ3) is 2.17. The van der Waals surface area contributed by atoms with Crippen molar-refractivity contribution < 1.29 is 4.74 Å². The van der Waals surface area contributed by atoms with Gasteiger partial charge in [-0.2, -0.15) is 0 Å². The van der Waals surface area contributed by atoms with E-state index in [4.69, 9.17) is 4.74 Å². The lowest BCUT2D eigenvalue weighted by Gasteiger charge is -2.41. The fourth-order valence-corrected chi connectivity index (χ4v) is 5.47. The number of hydrogen-bond donors (Lipinski definition) is 0. The van der Waals surface area contributed by atoms with E-state index in [-0.39, 0.29) is 5.41 Å². The first kappa shape index (κ1) is 17.5. The van der Waals surface area contributed by atoms with Crippen molar-refractivity contribution >= 4 is 0 Å². The van der Waals surface area contributed by atoms with Crippen LogP contribution in [0.5, 0.6) is 11.5 Å². The second kappa shape index (κ2) is 6.32. The van der Waals surface area contributed by atoms with E-state index in [1.165, 1.54) is 38.9 Å². The summed E-state index contributed by atoms with van der Waals surface area (Å²) in [6.07, 6.45) is 0. The molecule has 1 aliphatic carbocycles. The van der Waals surface area contributed by atoms with Gasteiger partial charge in [0, 0.05) is 17.7 Å². The number of nitrogens with zero attached hydrogens (tertiary/aromatic N) is 1. The molecule has 0 saturated heterocycles. The number of hydrogen-bond acceptors (Lipinski definition) is 2. The Labute approximate surface area is 177 Å². The van der Waals surface area contributed by atoms with Gasteiger partial charge in [0.25, 0.3) is 0 Å². The molecular weight excluding hydrogens is 366 g/mol. The van der Waals surface area contributed by atoms with Crippen LogP contribution >= 0.6 is 0 Å². The van der Waals surface area contributed by atoms with Gasteiger partial charge in [0.05, 0.1) is 5.41 Å². The van der Waals surface area contributed by atoms with Crippen molar-refractivity contribution in [3.8, 4) is 22.6 Å². The van der Waals surface area contributed by atoms with Crippen LogP contribution in [0.3, 0.4) is 0 Å². The third-order valence-corrected chi connectivity index (χ3v) is 6.44. The van der Waals surface area contributed by atoms with Crippen molar-refractivity contribution in [1.29, 1.82) is 0 Å². The zero-order valence-electron chi connectivity index (χ0n) is 17.2. The molecule has 6 rings (SSSR count). The Morgan fingerprint density at radius 3 is 1.87 bits per heavy atom. The molecule has 2 aliphatic rings. The monoisotopic (exact) mass is 389 g/mol. The van der Waals surface area contributed by atoms with Crippen molar-refractivity contribution in [2.24, 2.45) is 0 Å². The first-order valence-electron chi connectivity index (χ1n) is 10.4. The highest BCUT2D eigenvalue weighted by Crippen LogP contribution is 2.62. The SMILES string of the molecule is CN(C)Cc1cccc2c1C1(c3ccccc3O2)c2ccccc2-c2ccccc21. The molecule has 30 heavy (non-hydrogen) atoms. The van der Waals surface area contributed by atoms with Gasteiger partial charge in [0.2, 0.25) is 0 Å². The van der Waals surface area contributed by atoms with Crippen LogP contribution < -0.4 is 4.74 Å². The van der Waals surface area contributed by atoms with Crippen LogP contribution in [-0.2, 0) is 12.0 Å². The highest BCUT2D eigenvalue weighted by atomic mass is 16.5. The van der Waals surface area contributed by atoms with Gasteiger partial charge in [-0.3, -0.25) is 0 Å². The average Bonchev–Trinajstić information content (AvgIpc) is 3.05. The summed E-state index contributed by atoms with van der Waals surface area (Å²) in [6.45, 7) is 0.862. The van der Waals surface area contributed by atoms with Gasteiger partial charge >= 0.3 is 0 Å². The fraction of sp³-hybridized carbons (Fsp3) is 0.143. The summed E-state index contributed by atoms with van der Waals surface area (Å²) in [5, 5.41) is 0. The van der Waals surface area contributed by atoms with Gasteiger partial charge in [-0.1, -0.05) is 78.9 Å². The summed E-state index contributed by atoms with van der Waals surface area (Å²) in [5.74, 6) is 1.90. The minimum absolute atomic E-state index is 0.371. The molecule has 4 aromatic carbocycles. The van der Waals surface area contributed by atoms with Crippen molar-refractivity contribution in [1.82, 2.24) is 4.90 Å². The van der Waals surface area contributed by atoms with E-state index >= 15 is 0 Å². The number of ether oxygens (including phenoxy) is 1. The standard InChI is InChI=1S/C28H23NO/c1-29(2)18-19-10-9-17-26-27(19)28(24-15-7-8-16-25(24)30-26)22-13-5-3-11-20(22)21-12-4-6-14-23(21)28/h3-17H,18H2,1-2H3. The van der Waals surface area contributed by atoms with E-state index < -0.39 is 0 Å².